The fourth-order valence-corrected chi connectivity index (χ4v) is 9.22. The van der Waals surface area contributed by atoms with Gasteiger partial charge in [-0.2, -0.15) is 17.5 Å². The minimum atomic E-state index is -4.13. The Hall–Kier alpha value is -2.18. The molecule has 2 bridgehead atoms. The topological polar surface area (TPSA) is 95.8 Å². The van der Waals surface area contributed by atoms with E-state index in [1.807, 2.05) is 4.90 Å². The number of oxazole rings is 1. The van der Waals surface area contributed by atoms with Crippen molar-refractivity contribution in [3.05, 3.63) is 29.7 Å². The highest BCUT2D eigenvalue weighted by Crippen LogP contribution is 2.41. The van der Waals surface area contributed by atoms with Crippen LogP contribution in [0.1, 0.15) is 86.4 Å². The van der Waals surface area contributed by atoms with Crippen LogP contribution >= 0.6 is 0 Å². The molecule has 0 radical (unpaired) electrons. The minimum absolute atomic E-state index is 0.0209. The number of hydrogen-bond acceptors (Lipinski definition) is 6. The molecule has 3 aliphatic heterocycles. The van der Waals surface area contributed by atoms with E-state index in [9.17, 15) is 26.4 Å². The lowest BCUT2D eigenvalue weighted by Crippen LogP contribution is -2.53. The number of rotatable bonds is 9. The van der Waals surface area contributed by atoms with E-state index in [1.165, 1.54) is 0 Å². The maximum Gasteiger partial charge on any atom is 0.389 e. The zero-order valence-electron chi connectivity index (χ0n) is 22.5. The number of sulfonamides is 1. The van der Waals surface area contributed by atoms with Gasteiger partial charge in [-0.3, -0.25) is 4.79 Å². The highest BCUT2D eigenvalue weighted by atomic mass is 32.2. The monoisotopic (exact) mass is 582 g/mol. The number of hydrogen-bond donors (Lipinski definition) is 1. The molecule has 1 unspecified atom stereocenters. The predicted octanol–water partition coefficient (Wildman–Crippen LogP) is 4.81. The third-order valence-electron chi connectivity index (χ3n) is 9.00. The summed E-state index contributed by atoms with van der Waals surface area (Å²) in [5.41, 5.74) is 1.89. The second-order valence-corrected chi connectivity index (χ2v) is 14.1. The van der Waals surface area contributed by atoms with Gasteiger partial charge in [0.2, 0.25) is 10.0 Å². The van der Waals surface area contributed by atoms with Crippen LogP contribution in [0.3, 0.4) is 0 Å². The van der Waals surface area contributed by atoms with Crippen LogP contribution in [0.5, 0.6) is 0 Å². The molecule has 3 atom stereocenters. The van der Waals surface area contributed by atoms with Crippen LogP contribution in [0.15, 0.2) is 22.6 Å². The minimum Gasteiger partial charge on any atom is -0.440 e. The number of benzene rings is 1. The second-order valence-electron chi connectivity index (χ2n) is 12.1. The van der Waals surface area contributed by atoms with Gasteiger partial charge in [0, 0.05) is 36.0 Å². The van der Waals surface area contributed by atoms with Gasteiger partial charge in [-0.05, 0) is 102 Å². The van der Waals surface area contributed by atoms with E-state index in [0.717, 1.165) is 31.6 Å². The van der Waals surface area contributed by atoms with Crippen molar-refractivity contribution in [3.63, 3.8) is 0 Å². The van der Waals surface area contributed by atoms with Crippen molar-refractivity contribution in [2.24, 2.45) is 5.92 Å². The summed E-state index contributed by atoms with van der Waals surface area (Å²) in [6.07, 6.45) is 1.49. The number of piperidine rings is 2. The molecule has 1 amide bonds. The maximum absolute atomic E-state index is 13.5. The Morgan fingerprint density at radius 2 is 1.75 bits per heavy atom. The molecule has 40 heavy (non-hydrogen) atoms. The molecular formula is C28H37F3N4O4S. The van der Waals surface area contributed by atoms with Crippen LogP contribution in [0.2, 0.25) is 0 Å². The summed E-state index contributed by atoms with van der Waals surface area (Å²) < 4.78 is 71.8. The van der Waals surface area contributed by atoms with Gasteiger partial charge in [-0.15, -0.1) is 0 Å². The lowest BCUT2D eigenvalue weighted by molar-refractivity contribution is -0.136. The smallest absolute Gasteiger partial charge is 0.389 e. The first kappa shape index (κ1) is 28.0. The Morgan fingerprint density at radius 3 is 2.40 bits per heavy atom. The number of likely N-dealkylation sites (tertiary alicyclic amines) is 1. The van der Waals surface area contributed by atoms with E-state index in [4.69, 9.17) is 4.42 Å². The molecule has 1 aliphatic carbocycles. The molecule has 4 heterocycles. The molecule has 220 valence electrons. The summed E-state index contributed by atoms with van der Waals surface area (Å²) in [6, 6.07) is 4.97. The summed E-state index contributed by atoms with van der Waals surface area (Å²) in [6.45, 7) is 1.68. The fraction of sp³-hybridized carbons (Fsp3) is 0.714. The van der Waals surface area contributed by atoms with E-state index in [2.05, 4.69) is 10.3 Å². The van der Waals surface area contributed by atoms with Crippen LogP contribution in [0.4, 0.5) is 13.2 Å². The molecule has 1 aromatic carbocycles. The van der Waals surface area contributed by atoms with Crippen LogP contribution in [0, 0.1) is 5.92 Å². The van der Waals surface area contributed by atoms with Crippen molar-refractivity contribution in [1.29, 1.82) is 0 Å². The molecule has 1 saturated carbocycles. The van der Waals surface area contributed by atoms with Crippen molar-refractivity contribution in [3.8, 4) is 0 Å². The number of nitrogens with zero attached hydrogens (tertiary/aromatic N) is 3. The number of fused-ring (bicyclic) bond motifs is 3. The largest absolute Gasteiger partial charge is 0.440 e. The first-order valence-electron chi connectivity index (χ1n) is 14.6. The number of carbonyl (C=O) groups is 1. The lowest BCUT2D eigenvalue weighted by Gasteiger charge is -2.39. The van der Waals surface area contributed by atoms with Crippen LogP contribution in [0.25, 0.3) is 11.1 Å². The van der Waals surface area contributed by atoms with Gasteiger partial charge in [0.15, 0.2) is 11.5 Å². The number of alkyl halides is 3. The van der Waals surface area contributed by atoms with Crippen molar-refractivity contribution in [2.75, 3.05) is 25.4 Å². The Balaban J connectivity index is 1.00. The van der Waals surface area contributed by atoms with Gasteiger partial charge in [0.25, 0.3) is 5.91 Å². The van der Waals surface area contributed by atoms with Crippen LogP contribution < -0.4 is 5.32 Å². The molecule has 1 N–H and O–H groups in total. The Bertz CT molecular complexity index is 1320. The third-order valence-corrected chi connectivity index (χ3v) is 11.1. The molecule has 12 heteroatoms. The highest BCUT2D eigenvalue weighted by molar-refractivity contribution is 7.89. The van der Waals surface area contributed by atoms with E-state index in [-0.39, 0.29) is 42.1 Å². The van der Waals surface area contributed by atoms with E-state index >= 15 is 0 Å². The van der Waals surface area contributed by atoms with Gasteiger partial charge in [0.05, 0.1) is 5.75 Å². The number of nitrogens with one attached hydrogen (secondary N) is 1. The number of halogens is 3. The van der Waals surface area contributed by atoms with Crippen molar-refractivity contribution in [2.45, 2.75) is 94.4 Å². The van der Waals surface area contributed by atoms with E-state index < -0.39 is 22.6 Å². The Morgan fingerprint density at radius 1 is 1.05 bits per heavy atom. The van der Waals surface area contributed by atoms with Gasteiger partial charge in [-0.25, -0.2) is 13.4 Å². The first-order valence-corrected chi connectivity index (χ1v) is 16.2. The highest BCUT2D eigenvalue weighted by Gasteiger charge is 2.47. The standard InChI is InChI=1S/C28H37F3N4O4S/c29-28(30,31)10-1-11-34-12-8-18(9-13-34)17-40(37,38)35-22-5-6-23(35)16-21(15-22)32-26(36)20-4-7-25-24(14-20)33-27(39-25)19-2-3-19/h4,7,14,18-19,21-23H,1-3,5-6,8-13,15-17H2,(H,32,36)/t21?,22-,23+. The zero-order chi connectivity index (χ0) is 28.1. The number of aromatic nitrogens is 1. The van der Waals surface area contributed by atoms with Gasteiger partial charge >= 0.3 is 6.18 Å². The van der Waals surface area contributed by atoms with E-state index in [0.29, 0.717) is 67.9 Å². The van der Waals surface area contributed by atoms with Gasteiger partial charge in [0.1, 0.15) is 5.52 Å². The predicted molar refractivity (Wildman–Crippen MR) is 143 cm³/mol. The fourth-order valence-electron chi connectivity index (χ4n) is 6.83. The normalized spacial score (nSPS) is 26.9. The second kappa shape index (κ2) is 10.9. The van der Waals surface area contributed by atoms with Crippen molar-refractivity contribution < 1.29 is 30.8 Å². The maximum atomic E-state index is 13.5. The number of amides is 1. The van der Waals surface area contributed by atoms with E-state index in [1.54, 1.807) is 22.5 Å². The Labute approximate surface area is 232 Å². The molecule has 4 fully saturated rings. The Kier molecular flexibility index (Phi) is 7.62. The molecule has 1 aromatic heterocycles. The third kappa shape index (κ3) is 6.33. The van der Waals surface area contributed by atoms with Gasteiger partial charge in [-0.1, -0.05) is 0 Å². The molecule has 4 aliphatic rings. The summed E-state index contributed by atoms with van der Waals surface area (Å²) in [4.78, 5) is 19.6. The summed E-state index contributed by atoms with van der Waals surface area (Å²) in [7, 11) is -3.47. The summed E-state index contributed by atoms with van der Waals surface area (Å²) in [5, 5.41) is 3.13. The zero-order valence-corrected chi connectivity index (χ0v) is 23.4. The molecule has 6 rings (SSSR count). The SMILES string of the molecule is O=C(NC1C[C@H]2CC[C@@H](C1)N2S(=O)(=O)CC1CCN(CCCC(F)(F)F)CC1)c1ccc2oc(C3CC3)nc2c1. The molecular weight excluding hydrogens is 545 g/mol. The molecule has 0 spiro atoms. The molecule has 8 nitrogen and oxygen atoms in total. The van der Waals surface area contributed by atoms with Crippen LogP contribution in [-0.4, -0.2) is 78.2 Å². The number of carbonyl (C=O) groups excluding carboxylic acids is 1. The molecule has 3 saturated heterocycles. The van der Waals surface area contributed by atoms with Crippen LogP contribution in [-0.2, 0) is 10.0 Å². The van der Waals surface area contributed by atoms with Gasteiger partial charge < -0.3 is 14.6 Å². The van der Waals surface area contributed by atoms with Crippen molar-refractivity contribution in [1.82, 2.24) is 19.5 Å². The molecule has 2 aromatic rings. The summed E-state index contributed by atoms with van der Waals surface area (Å²) in [5.74, 6) is 1.07. The quantitative estimate of drug-likeness (QED) is 0.456. The average molecular weight is 583 g/mol. The summed E-state index contributed by atoms with van der Waals surface area (Å²) >= 11 is 0. The lowest BCUT2D eigenvalue weighted by atomic mass is 9.99. The average Bonchev–Trinajstić information content (AvgIpc) is 3.58. The first-order chi connectivity index (χ1) is 19.0. The van der Waals surface area contributed by atoms with Crippen molar-refractivity contribution >= 4 is 27.0 Å².